The largest absolute Gasteiger partial charge is 0.573 e. The lowest BCUT2D eigenvalue weighted by atomic mass is 9.89. The van der Waals surface area contributed by atoms with Gasteiger partial charge in [-0.25, -0.2) is 8.93 Å². The molecule has 1 aliphatic carbocycles. The molecule has 1 amide bonds. The molecule has 8 nitrogen and oxygen atoms in total. The molecular formula is C29H40F3N3O5S. The molecule has 1 saturated carbocycles. The number of aliphatic carboxylic acids is 1. The summed E-state index contributed by atoms with van der Waals surface area (Å²) in [6.45, 7) is 10.5. The maximum atomic E-state index is 13.4. The smallest absolute Gasteiger partial charge is 0.481 e. The standard InChI is InChI=1S/C29H40F3N3O5S/c1-18-21(25(36)33-17-28(5,6)26(37)38)15-22(35(18)16-19-10-8-7-9-11-19)20-12-13-24(41(39)34-27(2,3)4)23(14-20)40-29(30,31)32/h12-15,19,34H,7-11,16-17H2,1-6H3,(H,33,36)(H,37,38). The molecule has 3 rings (SSSR count). The molecule has 41 heavy (non-hydrogen) atoms. The summed E-state index contributed by atoms with van der Waals surface area (Å²) in [5.74, 6) is -1.79. The molecule has 0 saturated heterocycles. The highest BCUT2D eigenvalue weighted by Gasteiger charge is 2.34. The zero-order valence-corrected chi connectivity index (χ0v) is 25.2. The Morgan fingerprint density at radius 2 is 1.71 bits per heavy atom. The number of ether oxygens (including phenoxy) is 1. The number of hydrogen-bond donors (Lipinski definition) is 3. The van der Waals surface area contributed by atoms with Gasteiger partial charge in [-0.3, -0.25) is 9.59 Å². The fourth-order valence-corrected chi connectivity index (χ4v) is 5.95. The monoisotopic (exact) mass is 599 g/mol. The van der Waals surface area contributed by atoms with Gasteiger partial charge in [0.2, 0.25) is 0 Å². The highest BCUT2D eigenvalue weighted by molar-refractivity contribution is 7.83. The van der Waals surface area contributed by atoms with E-state index >= 15 is 0 Å². The number of amides is 1. The Labute approximate surface area is 241 Å². The van der Waals surface area contributed by atoms with Crippen LogP contribution in [0.5, 0.6) is 5.75 Å². The lowest BCUT2D eigenvalue weighted by molar-refractivity contribution is -0.275. The summed E-state index contributed by atoms with van der Waals surface area (Å²) in [7, 11) is -1.99. The summed E-state index contributed by atoms with van der Waals surface area (Å²) in [5, 5.41) is 12.1. The fourth-order valence-electron chi connectivity index (χ4n) is 4.81. The van der Waals surface area contributed by atoms with Crippen LogP contribution in [-0.2, 0) is 22.3 Å². The van der Waals surface area contributed by atoms with E-state index in [1.165, 1.54) is 26.0 Å². The van der Waals surface area contributed by atoms with Crippen LogP contribution < -0.4 is 14.8 Å². The maximum Gasteiger partial charge on any atom is 0.573 e. The van der Waals surface area contributed by atoms with Crippen LogP contribution in [0.3, 0.4) is 0 Å². The van der Waals surface area contributed by atoms with Crippen molar-refractivity contribution in [1.82, 2.24) is 14.6 Å². The van der Waals surface area contributed by atoms with Gasteiger partial charge in [0.15, 0.2) is 0 Å². The Kier molecular flexibility index (Phi) is 10.0. The summed E-state index contributed by atoms with van der Waals surface area (Å²) in [6.07, 6.45) is 0.321. The number of rotatable bonds is 10. The van der Waals surface area contributed by atoms with Crippen molar-refractivity contribution in [3.8, 4) is 17.0 Å². The second kappa shape index (κ2) is 12.6. The van der Waals surface area contributed by atoms with E-state index in [0.29, 0.717) is 35.0 Å². The molecule has 12 heteroatoms. The number of carboxylic acid groups (broad SMARTS) is 1. The summed E-state index contributed by atoms with van der Waals surface area (Å²) in [4.78, 5) is 24.6. The lowest BCUT2D eigenvalue weighted by Crippen LogP contribution is -2.39. The summed E-state index contributed by atoms with van der Waals surface area (Å²) in [5.41, 5.74) is -0.0159. The van der Waals surface area contributed by atoms with Crippen LogP contribution in [0.1, 0.15) is 82.8 Å². The Hall–Kier alpha value is -2.86. The molecule has 1 aromatic carbocycles. The Morgan fingerprint density at radius 3 is 2.27 bits per heavy atom. The second-order valence-corrected chi connectivity index (χ2v) is 13.5. The van der Waals surface area contributed by atoms with Gasteiger partial charge in [0.05, 0.1) is 15.9 Å². The van der Waals surface area contributed by atoms with Crippen LogP contribution in [0, 0.1) is 18.3 Å². The van der Waals surface area contributed by atoms with Crippen LogP contribution in [0.25, 0.3) is 11.3 Å². The van der Waals surface area contributed by atoms with Crippen molar-refractivity contribution in [2.24, 2.45) is 11.3 Å². The average Bonchev–Trinajstić information content (AvgIpc) is 3.17. The van der Waals surface area contributed by atoms with Gasteiger partial charge in [0.25, 0.3) is 5.91 Å². The van der Waals surface area contributed by atoms with E-state index in [9.17, 15) is 32.1 Å². The quantitative estimate of drug-likeness (QED) is 0.302. The van der Waals surface area contributed by atoms with Crippen molar-refractivity contribution in [3.63, 3.8) is 0 Å². The van der Waals surface area contributed by atoms with Crippen molar-refractivity contribution in [3.05, 3.63) is 35.5 Å². The molecule has 1 unspecified atom stereocenters. The van der Waals surface area contributed by atoms with Crippen LogP contribution >= 0.6 is 0 Å². The van der Waals surface area contributed by atoms with E-state index in [1.54, 1.807) is 39.8 Å². The van der Waals surface area contributed by atoms with E-state index in [4.69, 9.17) is 0 Å². The molecule has 0 radical (unpaired) electrons. The van der Waals surface area contributed by atoms with Gasteiger partial charge in [-0.05, 0) is 78.5 Å². The minimum atomic E-state index is -5.01. The SMILES string of the molecule is Cc1c(C(=O)NCC(C)(C)C(=O)O)cc(-c2ccc(S(=O)NC(C)(C)C)c(OC(F)(F)F)c2)n1CC1CCCCC1. The van der Waals surface area contributed by atoms with Gasteiger partial charge in [0, 0.05) is 35.6 Å². The van der Waals surface area contributed by atoms with Crippen LogP contribution in [0.15, 0.2) is 29.2 Å². The van der Waals surface area contributed by atoms with Gasteiger partial charge >= 0.3 is 12.3 Å². The zero-order chi connectivity index (χ0) is 30.8. The maximum absolute atomic E-state index is 13.4. The normalized spacial score (nSPS) is 15.9. The number of carbonyl (C=O) groups excluding carboxylic acids is 1. The summed E-state index contributed by atoms with van der Waals surface area (Å²) >= 11 is 0. The first-order valence-corrected chi connectivity index (χ1v) is 14.8. The van der Waals surface area contributed by atoms with E-state index < -0.39 is 45.9 Å². The molecule has 0 aliphatic heterocycles. The number of alkyl halides is 3. The number of hydrogen-bond acceptors (Lipinski definition) is 4. The molecule has 0 spiro atoms. The van der Waals surface area contributed by atoms with Crippen molar-refractivity contribution < 1.29 is 36.8 Å². The van der Waals surface area contributed by atoms with E-state index in [1.807, 2.05) is 4.57 Å². The van der Waals surface area contributed by atoms with E-state index in [2.05, 4.69) is 14.8 Å². The molecule has 1 aromatic heterocycles. The van der Waals surface area contributed by atoms with Gasteiger partial charge in [-0.1, -0.05) is 25.3 Å². The van der Waals surface area contributed by atoms with E-state index in [0.717, 1.165) is 32.1 Å². The fraction of sp³-hybridized carbons (Fsp3) is 0.586. The van der Waals surface area contributed by atoms with Gasteiger partial charge in [0.1, 0.15) is 16.7 Å². The van der Waals surface area contributed by atoms with Crippen molar-refractivity contribution in [2.45, 2.75) is 97.0 Å². The number of aromatic nitrogens is 1. The third-order valence-electron chi connectivity index (χ3n) is 7.11. The minimum absolute atomic E-state index is 0.103. The predicted octanol–water partition coefficient (Wildman–Crippen LogP) is 6.19. The Bertz CT molecular complexity index is 1290. The summed E-state index contributed by atoms with van der Waals surface area (Å²) < 4.78 is 62.2. The molecule has 1 aliphatic rings. The Balaban J connectivity index is 2.08. The van der Waals surface area contributed by atoms with Crippen molar-refractivity contribution >= 4 is 22.9 Å². The van der Waals surface area contributed by atoms with Gasteiger partial charge < -0.3 is 19.7 Å². The van der Waals surface area contributed by atoms with Crippen LogP contribution in [-0.4, -0.2) is 44.2 Å². The number of nitrogens with zero attached hydrogens (tertiary/aromatic N) is 1. The molecule has 0 bridgehead atoms. The number of nitrogens with one attached hydrogen (secondary N) is 2. The van der Waals surface area contributed by atoms with Crippen molar-refractivity contribution in [2.75, 3.05) is 6.54 Å². The van der Waals surface area contributed by atoms with Gasteiger partial charge in [-0.2, -0.15) is 0 Å². The lowest BCUT2D eigenvalue weighted by Gasteiger charge is -2.25. The zero-order valence-electron chi connectivity index (χ0n) is 24.4. The van der Waals surface area contributed by atoms with Crippen LogP contribution in [0.2, 0.25) is 0 Å². The molecule has 1 atom stereocenters. The second-order valence-electron chi connectivity index (χ2n) is 12.3. The van der Waals surface area contributed by atoms with Crippen LogP contribution in [0.4, 0.5) is 13.2 Å². The average molecular weight is 600 g/mol. The number of halogens is 3. The highest BCUT2D eigenvalue weighted by atomic mass is 32.2. The number of benzene rings is 1. The number of carbonyl (C=O) groups is 2. The van der Waals surface area contributed by atoms with E-state index in [-0.39, 0.29) is 11.4 Å². The topological polar surface area (TPSA) is 110 Å². The number of carboxylic acids is 1. The molecule has 2 aromatic rings. The third-order valence-corrected chi connectivity index (χ3v) is 8.64. The first-order valence-electron chi connectivity index (χ1n) is 13.7. The van der Waals surface area contributed by atoms with Crippen molar-refractivity contribution in [1.29, 1.82) is 0 Å². The molecule has 1 heterocycles. The first-order chi connectivity index (χ1) is 18.9. The predicted molar refractivity (Wildman–Crippen MR) is 151 cm³/mol. The first kappa shape index (κ1) is 32.7. The highest BCUT2D eigenvalue weighted by Crippen LogP contribution is 2.36. The third kappa shape index (κ3) is 8.81. The minimum Gasteiger partial charge on any atom is -0.481 e. The molecular weight excluding hydrogens is 559 g/mol. The van der Waals surface area contributed by atoms with Gasteiger partial charge in [-0.15, -0.1) is 13.2 Å². The summed E-state index contributed by atoms with van der Waals surface area (Å²) in [6, 6.07) is 5.72. The molecule has 1 fully saturated rings. The molecule has 3 N–H and O–H groups in total. The molecule has 228 valence electrons. The Morgan fingerprint density at radius 1 is 1.07 bits per heavy atom.